The van der Waals surface area contributed by atoms with Gasteiger partial charge in [-0.3, -0.25) is 19.3 Å². The van der Waals surface area contributed by atoms with Crippen LogP contribution in [0.2, 0.25) is 0 Å². The Morgan fingerprint density at radius 3 is 2.92 bits per heavy atom. The molecule has 2 aromatic rings. The van der Waals surface area contributed by atoms with Gasteiger partial charge in [0, 0.05) is 23.2 Å². The zero-order valence-electron chi connectivity index (χ0n) is 14.3. The highest BCUT2D eigenvalue weighted by molar-refractivity contribution is 7.14. The average Bonchev–Trinajstić information content (AvgIpc) is 3.35. The molecule has 1 fully saturated rings. The number of anilines is 1. The van der Waals surface area contributed by atoms with Gasteiger partial charge < -0.3 is 10.1 Å². The molecule has 7 nitrogen and oxygen atoms in total. The van der Waals surface area contributed by atoms with Crippen LogP contribution < -0.4 is 10.2 Å². The molecule has 1 N–H and O–H groups in total. The molecule has 9 heteroatoms. The highest BCUT2D eigenvalue weighted by atomic mass is 32.1. The standard InChI is InChI=1S/C17H19N3O4S2/c1-24-16(23)9-12(13-4-3-7-25-13)19-14(21)8-11-10-26-17(18-11)20-6-2-5-15(20)22/h3-4,7,10,12H,2,5-6,8-9H2,1H3,(H,19,21). The summed E-state index contributed by atoms with van der Waals surface area (Å²) in [6.07, 6.45) is 1.56. The van der Waals surface area contributed by atoms with Gasteiger partial charge in [0.15, 0.2) is 5.13 Å². The lowest BCUT2D eigenvalue weighted by atomic mass is 10.1. The van der Waals surface area contributed by atoms with E-state index in [0.29, 0.717) is 23.8 Å². The molecule has 1 atom stereocenters. The van der Waals surface area contributed by atoms with Crippen molar-refractivity contribution in [1.82, 2.24) is 10.3 Å². The molecule has 2 aromatic heterocycles. The van der Waals surface area contributed by atoms with E-state index in [1.165, 1.54) is 29.8 Å². The van der Waals surface area contributed by atoms with Crippen molar-refractivity contribution in [2.24, 2.45) is 0 Å². The predicted octanol–water partition coefficient (Wildman–Crippen LogP) is 2.29. The minimum atomic E-state index is -0.423. The first-order valence-electron chi connectivity index (χ1n) is 8.21. The topological polar surface area (TPSA) is 88.6 Å². The number of nitrogens with zero attached hydrogens (tertiary/aromatic N) is 2. The Hall–Kier alpha value is -2.26. The summed E-state index contributed by atoms with van der Waals surface area (Å²) in [6, 6.07) is 3.32. The van der Waals surface area contributed by atoms with Gasteiger partial charge in [-0.1, -0.05) is 6.07 Å². The zero-order chi connectivity index (χ0) is 18.5. The van der Waals surface area contributed by atoms with Crippen LogP contribution in [0.1, 0.15) is 35.9 Å². The number of esters is 1. The van der Waals surface area contributed by atoms with Crippen LogP contribution in [0, 0.1) is 0 Å². The van der Waals surface area contributed by atoms with Gasteiger partial charge in [0.1, 0.15) is 0 Å². The number of thiazole rings is 1. The lowest BCUT2D eigenvalue weighted by Gasteiger charge is -2.16. The molecule has 1 aliphatic heterocycles. The van der Waals surface area contributed by atoms with Crippen molar-refractivity contribution in [2.75, 3.05) is 18.6 Å². The number of carbonyl (C=O) groups excluding carboxylic acids is 3. The van der Waals surface area contributed by atoms with Crippen molar-refractivity contribution in [3.8, 4) is 0 Å². The largest absolute Gasteiger partial charge is 0.469 e. The normalized spacial score (nSPS) is 15.1. The molecular weight excluding hydrogens is 374 g/mol. The van der Waals surface area contributed by atoms with E-state index in [1.807, 2.05) is 17.5 Å². The number of methoxy groups -OCH3 is 1. The molecule has 0 radical (unpaired) electrons. The Balaban J connectivity index is 1.62. The highest BCUT2D eigenvalue weighted by Crippen LogP contribution is 2.26. The molecule has 0 spiro atoms. The number of rotatable bonds is 7. The first kappa shape index (κ1) is 18.5. The summed E-state index contributed by atoms with van der Waals surface area (Å²) in [5, 5.41) is 7.20. The second-order valence-electron chi connectivity index (χ2n) is 5.86. The SMILES string of the molecule is COC(=O)CC(NC(=O)Cc1csc(N2CCCC2=O)n1)c1cccs1. The lowest BCUT2D eigenvalue weighted by Crippen LogP contribution is -2.31. The van der Waals surface area contributed by atoms with Crippen LogP contribution in [0.25, 0.3) is 0 Å². The number of aromatic nitrogens is 1. The van der Waals surface area contributed by atoms with Crippen molar-refractivity contribution >= 4 is 45.6 Å². The Labute approximate surface area is 159 Å². The summed E-state index contributed by atoms with van der Waals surface area (Å²) in [4.78, 5) is 42.8. The fourth-order valence-electron chi connectivity index (χ4n) is 2.72. The molecular formula is C17H19N3O4S2. The summed E-state index contributed by atoms with van der Waals surface area (Å²) in [5.74, 6) is -0.532. The van der Waals surface area contributed by atoms with Crippen molar-refractivity contribution in [1.29, 1.82) is 0 Å². The van der Waals surface area contributed by atoms with E-state index < -0.39 is 6.04 Å². The van der Waals surface area contributed by atoms with Crippen molar-refractivity contribution in [3.05, 3.63) is 33.5 Å². The number of carbonyl (C=O) groups is 3. The predicted molar refractivity (Wildman–Crippen MR) is 99.2 cm³/mol. The smallest absolute Gasteiger partial charge is 0.307 e. The van der Waals surface area contributed by atoms with Gasteiger partial charge in [-0.25, -0.2) is 4.98 Å². The highest BCUT2D eigenvalue weighted by Gasteiger charge is 2.25. The Bertz CT molecular complexity index is 788. The third kappa shape index (κ3) is 4.47. The van der Waals surface area contributed by atoms with Gasteiger partial charge >= 0.3 is 5.97 Å². The van der Waals surface area contributed by atoms with Crippen LogP contribution in [0.3, 0.4) is 0 Å². The second-order valence-corrected chi connectivity index (χ2v) is 7.68. The fourth-order valence-corrected chi connectivity index (χ4v) is 4.37. The van der Waals surface area contributed by atoms with E-state index in [-0.39, 0.29) is 30.6 Å². The van der Waals surface area contributed by atoms with Gasteiger partial charge in [0.05, 0.1) is 31.7 Å². The Morgan fingerprint density at radius 2 is 2.27 bits per heavy atom. The summed E-state index contributed by atoms with van der Waals surface area (Å²) in [5.41, 5.74) is 0.616. The fraction of sp³-hybridized carbons (Fsp3) is 0.412. The quantitative estimate of drug-likeness (QED) is 0.729. The van der Waals surface area contributed by atoms with Crippen LogP contribution >= 0.6 is 22.7 Å². The first-order valence-corrected chi connectivity index (χ1v) is 9.97. The summed E-state index contributed by atoms with van der Waals surface area (Å²) >= 11 is 2.84. The van der Waals surface area contributed by atoms with Gasteiger partial charge in [-0.2, -0.15) is 0 Å². The Morgan fingerprint density at radius 1 is 1.42 bits per heavy atom. The first-order chi connectivity index (χ1) is 12.6. The van der Waals surface area contributed by atoms with Gasteiger partial charge in [0.25, 0.3) is 0 Å². The number of hydrogen-bond acceptors (Lipinski definition) is 7. The molecule has 0 aromatic carbocycles. The monoisotopic (exact) mass is 393 g/mol. The molecule has 3 heterocycles. The van der Waals surface area contributed by atoms with E-state index in [9.17, 15) is 14.4 Å². The zero-order valence-corrected chi connectivity index (χ0v) is 15.9. The van der Waals surface area contributed by atoms with E-state index in [2.05, 4.69) is 10.3 Å². The molecule has 1 aliphatic rings. The molecule has 2 amide bonds. The van der Waals surface area contributed by atoms with E-state index in [4.69, 9.17) is 4.74 Å². The maximum atomic E-state index is 12.4. The molecule has 1 saturated heterocycles. The maximum Gasteiger partial charge on any atom is 0.307 e. The van der Waals surface area contributed by atoms with Crippen molar-refractivity contribution < 1.29 is 19.1 Å². The van der Waals surface area contributed by atoms with Crippen LogP contribution in [-0.2, 0) is 25.5 Å². The van der Waals surface area contributed by atoms with E-state index in [1.54, 1.807) is 10.3 Å². The molecule has 3 rings (SSSR count). The number of ether oxygens (including phenoxy) is 1. The van der Waals surface area contributed by atoms with Crippen LogP contribution in [0.5, 0.6) is 0 Å². The molecule has 0 bridgehead atoms. The summed E-state index contributed by atoms with van der Waals surface area (Å²) in [6.45, 7) is 0.678. The van der Waals surface area contributed by atoms with Gasteiger partial charge in [0.2, 0.25) is 11.8 Å². The van der Waals surface area contributed by atoms with E-state index >= 15 is 0 Å². The van der Waals surface area contributed by atoms with Crippen molar-refractivity contribution in [3.63, 3.8) is 0 Å². The molecule has 0 aliphatic carbocycles. The number of nitrogens with one attached hydrogen (secondary N) is 1. The average molecular weight is 393 g/mol. The molecule has 26 heavy (non-hydrogen) atoms. The van der Waals surface area contributed by atoms with Crippen molar-refractivity contribution in [2.45, 2.75) is 31.7 Å². The molecule has 138 valence electrons. The minimum Gasteiger partial charge on any atom is -0.469 e. The lowest BCUT2D eigenvalue weighted by molar-refractivity contribution is -0.141. The third-order valence-electron chi connectivity index (χ3n) is 4.01. The van der Waals surface area contributed by atoms with Crippen LogP contribution in [0.4, 0.5) is 5.13 Å². The van der Waals surface area contributed by atoms with Crippen LogP contribution in [0.15, 0.2) is 22.9 Å². The number of amides is 2. The van der Waals surface area contributed by atoms with Crippen LogP contribution in [-0.4, -0.2) is 36.4 Å². The number of thiophene rings is 1. The third-order valence-corrected chi connectivity index (χ3v) is 5.90. The van der Waals surface area contributed by atoms with E-state index in [0.717, 1.165) is 11.3 Å². The molecule has 1 unspecified atom stereocenters. The maximum absolute atomic E-state index is 12.4. The van der Waals surface area contributed by atoms with Gasteiger partial charge in [-0.05, 0) is 17.9 Å². The number of hydrogen-bond donors (Lipinski definition) is 1. The second kappa shape index (κ2) is 8.41. The summed E-state index contributed by atoms with van der Waals surface area (Å²) in [7, 11) is 1.33. The molecule has 0 saturated carbocycles. The Kier molecular flexibility index (Phi) is 6.00. The van der Waals surface area contributed by atoms with Gasteiger partial charge in [-0.15, -0.1) is 22.7 Å². The minimum absolute atomic E-state index is 0.0752. The summed E-state index contributed by atoms with van der Waals surface area (Å²) < 4.78 is 4.72.